The number of rotatable bonds is 3. The zero-order valence-electron chi connectivity index (χ0n) is 9.08. The van der Waals surface area contributed by atoms with Crippen molar-refractivity contribution in [3.05, 3.63) is 11.1 Å². The van der Waals surface area contributed by atoms with E-state index in [4.69, 9.17) is 0 Å². The van der Waals surface area contributed by atoms with Crippen molar-refractivity contribution in [3.63, 3.8) is 0 Å². The first-order valence-corrected chi connectivity index (χ1v) is 7.56. The maximum absolute atomic E-state index is 4.60. The molecular formula is C11H17BrN2S. The van der Waals surface area contributed by atoms with E-state index < -0.39 is 0 Å². The van der Waals surface area contributed by atoms with Crippen LogP contribution in [0.1, 0.15) is 31.4 Å². The number of aryl methyl sites for hydroxylation is 1. The molecule has 0 bridgehead atoms. The highest BCUT2D eigenvalue weighted by molar-refractivity contribution is 9.09. The summed E-state index contributed by atoms with van der Waals surface area (Å²) in [6, 6.07) is 0.698. The molecule has 0 aromatic carbocycles. The van der Waals surface area contributed by atoms with Gasteiger partial charge in [-0.25, -0.2) is 4.98 Å². The van der Waals surface area contributed by atoms with Gasteiger partial charge in [0.05, 0.1) is 5.69 Å². The summed E-state index contributed by atoms with van der Waals surface area (Å²) in [4.78, 5) is 7.10. The van der Waals surface area contributed by atoms with Gasteiger partial charge >= 0.3 is 0 Å². The number of alkyl halides is 1. The maximum atomic E-state index is 4.60. The molecule has 1 aliphatic rings. The van der Waals surface area contributed by atoms with Gasteiger partial charge in [-0.2, -0.15) is 0 Å². The van der Waals surface area contributed by atoms with Crippen molar-refractivity contribution < 1.29 is 0 Å². The molecule has 1 fully saturated rings. The van der Waals surface area contributed by atoms with Crippen molar-refractivity contribution in [2.24, 2.45) is 0 Å². The quantitative estimate of drug-likeness (QED) is 0.790. The second kappa shape index (κ2) is 5.30. The molecule has 1 saturated heterocycles. The number of thiazole rings is 1. The summed E-state index contributed by atoms with van der Waals surface area (Å²) >= 11 is 5.33. The fourth-order valence-electron chi connectivity index (χ4n) is 2.15. The summed E-state index contributed by atoms with van der Waals surface area (Å²) < 4.78 is 0. The highest BCUT2D eigenvalue weighted by Crippen LogP contribution is 2.29. The van der Waals surface area contributed by atoms with Gasteiger partial charge in [-0.15, -0.1) is 11.3 Å². The van der Waals surface area contributed by atoms with Crippen LogP contribution < -0.4 is 4.90 Å². The van der Waals surface area contributed by atoms with E-state index in [1.54, 1.807) is 11.3 Å². The molecule has 2 heterocycles. The number of aromatic nitrogens is 1. The first-order valence-electron chi connectivity index (χ1n) is 5.56. The van der Waals surface area contributed by atoms with Crippen LogP contribution in [0.5, 0.6) is 0 Å². The van der Waals surface area contributed by atoms with Crippen LogP contribution in [-0.4, -0.2) is 22.9 Å². The highest BCUT2D eigenvalue weighted by Gasteiger charge is 2.23. The van der Waals surface area contributed by atoms with Crippen LogP contribution >= 0.6 is 27.3 Å². The van der Waals surface area contributed by atoms with Crippen LogP contribution in [0.25, 0.3) is 0 Å². The molecule has 2 rings (SSSR count). The van der Waals surface area contributed by atoms with Gasteiger partial charge in [0, 0.05) is 23.3 Å². The van der Waals surface area contributed by atoms with Gasteiger partial charge < -0.3 is 4.90 Å². The summed E-state index contributed by atoms with van der Waals surface area (Å²) in [5.74, 6) is 0. The second-order valence-corrected chi connectivity index (χ2v) is 5.72. The van der Waals surface area contributed by atoms with Crippen molar-refractivity contribution in [3.8, 4) is 0 Å². The van der Waals surface area contributed by atoms with Crippen molar-refractivity contribution in [2.45, 2.75) is 38.6 Å². The van der Waals surface area contributed by atoms with E-state index in [2.05, 4.69) is 38.1 Å². The topological polar surface area (TPSA) is 16.1 Å². The van der Waals surface area contributed by atoms with Crippen molar-refractivity contribution in [1.82, 2.24) is 4.98 Å². The Kier molecular flexibility index (Phi) is 4.03. The molecule has 0 spiro atoms. The molecule has 1 aromatic rings. The highest BCUT2D eigenvalue weighted by atomic mass is 79.9. The van der Waals surface area contributed by atoms with Crippen molar-refractivity contribution in [1.29, 1.82) is 0 Å². The van der Waals surface area contributed by atoms with Gasteiger partial charge in [0.1, 0.15) is 0 Å². The minimum absolute atomic E-state index is 0.698. The molecule has 1 aliphatic heterocycles. The lowest BCUT2D eigenvalue weighted by atomic mass is 10.0. The van der Waals surface area contributed by atoms with E-state index in [9.17, 15) is 0 Å². The van der Waals surface area contributed by atoms with Crippen LogP contribution in [0, 0.1) is 6.92 Å². The van der Waals surface area contributed by atoms with Crippen LogP contribution in [0.4, 0.5) is 5.13 Å². The Labute approximate surface area is 104 Å². The van der Waals surface area contributed by atoms with Crippen molar-refractivity contribution >= 4 is 32.4 Å². The number of nitrogens with zero attached hydrogens (tertiary/aromatic N) is 2. The maximum Gasteiger partial charge on any atom is 0.185 e. The first kappa shape index (κ1) is 11.4. The van der Waals surface area contributed by atoms with Gasteiger partial charge in [-0.3, -0.25) is 0 Å². The Hall–Kier alpha value is -0.0900. The monoisotopic (exact) mass is 288 g/mol. The summed E-state index contributed by atoms with van der Waals surface area (Å²) in [5, 5.41) is 4.46. The van der Waals surface area contributed by atoms with Gasteiger partial charge in [-0.05, 0) is 32.6 Å². The zero-order chi connectivity index (χ0) is 10.7. The van der Waals surface area contributed by atoms with Crippen LogP contribution in [0.3, 0.4) is 0 Å². The number of piperidine rings is 1. The van der Waals surface area contributed by atoms with E-state index in [0.29, 0.717) is 6.04 Å². The van der Waals surface area contributed by atoms with Crippen LogP contribution in [0.2, 0.25) is 0 Å². The average molecular weight is 289 g/mol. The molecule has 1 aromatic heterocycles. The number of hydrogen-bond donors (Lipinski definition) is 0. The van der Waals surface area contributed by atoms with E-state index in [0.717, 1.165) is 11.0 Å². The molecule has 0 radical (unpaired) electrons. The van der Waals surface area contributed by atoms with E-state index >= 15 is 0 Å². The molecular weight excluding hydrogens is 272 g/mol. The largest absolute Gasteiger partial charge is 0.345 e. The molecule has 1 unspecified atom stereocenters. The Balaban J connectivity index is 2.10. The third kappa shape index (κ3) is 2.72. The van der Waals surface area contributed by atoms with Gasteiger partial charge in [0.2, 0.25) is 0 Å². The average Bonchev–Trinajstić information content (AvgIpc) is 2.66. The molecule has 2 nitrogen and oxygen atoms in total. The SMILES string of the molecule is Cc1csc(N2CCCCC2CCBr)n1. The van der Waals surface area contributed by atoms with Gasteiger partial charge in [0.25, 0.3) is 0 Å². The summed E-state index contributed by atoms with van der Waals surface area (Å²) in [5.41, 5.74) is 1.15. The lowest BCUT2D eigenvalue weighted by molar-refractivity contribution is 0.452. The predicted molar refractivity (Wildman–Crippen MR) is 70.2 cm³/mol. The second-order valence-electron chi connectivity index (χ2n) is 4.09. The normalized spacial score (nSPS) is 22.0. The fraction of sp³-hybridized carbons (Fsp3) is 0.727. The minimum atomic E-state index is 0.698. The van der Waals surface area contributed by atoms with Crippen molar-refractivity contribution in [2.75, 3.05) is 16.8 Å². The molecule has 0 amide bonds. The Morgan fingerprint density at radius 2 is 2.47 bits per heavy atom. The van der Waals surface area contributed by atoms with Crippen LogP contribution in [0.15, 0.2) is 5.38 Å². The molecule has 4 heteroatoms. The minimum Gasteiger partial charge on any atom is -0.345 e. The van der Waals surface area contributed by atoms with E-state index in [-0.39, 0.29) is 0 Å². The molecule has 84 valence electrons. The standard InChI is InChI=1S/C11H17BrN2S/c1-9-8-15-11(13-9)14-7-3-2-4-10(14)5-6-12/h8,10H,2-7H2,1H3. The lowest BCUT2D eigenvalue weighted by Crippen LogP contribution is -2.39. The van der Waals surface area contributed by atoms with E-state index in [1.165, 1.54) is 37.4 Å². The molecule has 0 saturated carbocycles. The molecule has 1 atom stereocenters. The Morgan fingerprint density at radius 3 is 3.13 bits per heavy atom. The smallest absolute Gasteiger partial charge is 0.185 e. The van der Waals surface area contributed by atoms with E-state index in [1.807, 2.05) is 0 Å². The molecule has 0 N–H and O–H groups in total. The molecule has 15 heavy (non-hydrogen) atoms. The molecule has 0 aliphatic carbocycles. The summed E-state index contributed by atoms with van der Waals surface area (Å²) in [6.07, 6.45) is 5.25. The Morgan fingerprint density at radius 1 is 1.60 bits per heavy atom. The predicted octanol–water partition coefficient (Wildman–Crippen LogP) is 3.60. The van der Waals surface area contributed by atoms with Gasteiger partial charge in [0.15, 0.2) is 5.13 Å². The van der Waals surface area contributed by atoms with Crippen LogP contribution in [-0.2, 0) is 0 Å². The zero-order valence-corrected chi connectivity index (χ0v) is 11.5. The number of halogens is 1. The summed E-state index contributed by atoms with van der Waals surface area (Å²) in [6.45, 7) is 3.26. The first-order chi connectivity index (χ1) is 7.31. The number of anilines is 1. The summed E-state index contributed by atoms with van der Waals surface area (Å²) in [7, 11) is 0. The third-order valence-electron chi connectivity index (χ3n) is 2.92. The fourth-order valence-corrected chi connectivity index (χ4v) is 3.58. The number of hydrogen-bond acceptors (Lipinski definition) is 3. The lowest BCUT2D eigenvalue weighted by Gasteiger charge is -2.35. The third-order valence-corrected chi connectivity index (χ3v) is 4.38. The van der Waals surface area contributed by atoms with Gasteiger partial charge in [-0.1, -0.05) is 15.9 Å². The Bertz CT molecular complexity index is 311.